The molecule has 0 radical (unpaired) electrons. The molecule has 0 spiro atoms. The molecule has 2 aromatic rings. The molecule has 128 valence electrons. The fraction of sp³-hybridized carbons (Fsp3) is 0.188. The molecule has 1 unspecified atom stereocenters. The van der Waals surface area contributed by atoms with Gasteiger partial charge in [-0.3, -0.25) is 4.79 Å². The molecular weight excluding hydrogens is 338 g/mol. The molecule has 0 fully saturated rings. The Morgan fingerprint density at radius 1 is 1.00 bits per heavy atom. The van der Waals surface area contributed by atoms with Crippen molar-refractivity contribution in [1.29, 1.82) is 0 Å². The van der Waals surface area contributed by atoms with Crippen LogP contribution in [-0.4, -0.2) is 20.6 Å². The van der Waals surface area contributed by atoms with E-state index in [1.807, 2.05) is 0 Å². The van der Waals surface area contributed by atoms with Gasteiger partial charge < -0.3 is 5.32 Å². The van der Waals surface area contributed by atoms with E-state index in [1.54, 1.807) is 0 Å². The smallest absolute Gasteiger partial charge is 0.226 e. The summed E-state index contributed by atoms with van der Waals surface area (Å²) in [6.07, 6.45) is 0.775. The Balaban J connectivity index is 2.13. The fourth-order valence-corrected chi connectivity index (χ4v) is 2.85. The van der Waals surface area contributed by atoms with E-state index in [9.17, 15) is 22.0 Å². The molecule has 1 atom stereocenters. The monoisotopic (exact) mass is 354 g/mol. The van der Waals surface area contributed by atoms with Crippen molar-refractivity contribution in [2.75, 3.05) is 11.6 Å². The average molecular weight is 354 g/mol. The van der Waals surface area contributed by atoms with E-state index in [-0.39, 0.29) is 6.42 Å². The molecular formula is C16H16F2N2O3S. The van der Waals surface area contributed by atoms with Crippen LogP contribution in [0.25, 0.3) is 0 Å². The summed E-state index contributed by atoms with van der Waals surface area (Å²) in [5.74, 6) is -1.37. The van der Waals surface area contributed by atoms with Gasteiger partial charge in [-0.05, 0) is 42.0 Å². The van der Waals surface area contributed by atoms with Gasteiger partial charge >= 0.3 is 0 Å². The number of carbonyl (C=O) groups excluding carboxylic acids is 1. The van der Waals surface area contributed by atoms with Gasteiger partial charge in [-0.15, -0.1) is 0 Å². The zero-order valence-corrected chi connectivity index (χ0v) is 13.6. The van der Waals surface area contributed by atoms with Gasteiger partial charge in [0.15, 0.2) is 0 Å². The highest BCUT2D eigenvalue weighted by molar-refractivity contribution is 7.88. The second-order valence-corrected chi connectivity index (χ2v) is 7.03. The maximum atomic E-state index is 13.0. The van der Waals surface area contributed by atoms with E-state index in [0.29, 0.717) is 11.3 Å². The molecule has 2 N–H and O–H groups in total. The molecule has 0 saturated heterocycles. The van der Waals surface area contributed by atoms with Crippen LogP contribution in [0.4, 0.5) is 14.5 Å². The first-order chi connectivity index (χ1) is 11.2. The molecule has 0 aliphatic rings. The summed E-state index contributed by atoms with van der Waals surface area (Å²) in [6.45, 7) is 0. The summed E-state index contributed by atoms with van der Waals surface area (Å²) in [5.41, 5.74) is 0.842. The van der Waals surface area contributed by atoms with Crippen LogP contribution in [0.5, 0.6) is 0 Å². The SMILES string of the molecule is CS(=O)(=O)NC(CC(=O)Nc1ccc(F)cc1)c1ccc(F)cc1. The molecule has 1 amide bonds. The van der Waals surface area contributed by atoms with Crippen LogP contribution in [0, 0.1) is 11.6 Å². The lowest BCUT2D eigenvalue weighted by Gasteiger charge is -2.18. The van der Waals surface area contributed by atoms with Crippen molar-refractivity contribution >= 4 is 21.6 Å². The molecule has 0 aliphatic heterocycles. The predicted octanol–water partition coefficient (Wildman–Crippen LogP) is 2.58. The van der Waals surface area contributed by atoms with Gasteiger partial charge in [0, 0.05) is 12.1 Å². The zero-order chi connectivity index (χ0) is 17.7. The molecule has 0 heterocycles. The minimum absolute atomic E-state index is 0.198. The quantitative estimate of drug-likeness (QED) is 0.837. The Morgan fingerprint density at radius 3 is 2.00 bits per heavy atom. The van der Waals surface area contributed by atoms with Crippen molar-refractivity contribution in [2.45, 2.75) is 12.5 Å². The van der Waals surface area contributed by atoms with Crippen LogP contribution in [0.1, 0.15) is 18.0 Å². The molecule has 2 aromatic carbocycles. The largest absolute Gasteiger partial charge is 0.326 e. The van der Waals surface area contributed by atoms with Crippen molar-refractivity contribution in [3.63, 3.8) is 0 Å². The van der Waals surface area contributed by atoms with Gasteiger partial charge in [0.05, 0.1) is 12.3 Å². The van der Waals surface area contributed by atoms with E-state index in [0.717, 1.165) is 6.26 Å². The predicted molar refractivity (Wildman–Crippen MR) is 86.8 cm³/mol. The van der Waals surface area contributed by atoms with Crippen LogP contribution in [0.3, 0.4) is 0 Å². The third kappa shape index (κ3) is 5.71. The summed E-state index contributed by atoms with van der Waals surface area (Å²) >= 11 is 0. The topological polar surface area (TPSA) is 75.3 Å². The van der Waals surface area contributed by atoms with Gasteiger partial charge in [0.1, 0.15) is 11.6 Å². The van der Waals surface area contributed by atoms with E-state index in [2.05, 4.69) is 10.0 Å². The molecule has 0 bridgehead atoms. The minimum Gasteiger partial charge on any atom is -0.326 e. The first-order valence-corrected chi connectivity index (χ1v) is 8.90. The Kier molecular flexibility index (Phi) is 5.63. The van der Waals surface area contributed by atoms with E-state index < -0.39 is 33.6 Å². The van der Waals surface area contributed by atoms with Gasteiger partial charge in [0.25, 0.3) is 0 Å². The molecule has 0 aliphatic carbocycles. The number of nitrogens with one attached hydrogen (secondary N) is 2. The third-order valence-corrected chi connectivity index (χ3v) is 3.86. The van der Waals surface area contributed by atoms with E-state index >= 15 is 0 Å². The number of hydrogen-bond donors (Lipinski definition) is 2. The van der Waals surface area contributed by atoms with E-state index in [1.165, 1.54) is 48.5 Å². The van der Waals surface area contributed by atoms with Crippen LogP contribution >= 0.6 is 0 Å². The summed E-state index contributed by atoms with van der Waals surface area (Å²) in [7, 11) is -3.58. The fourth-order valence-electron chi connectivity index (χ4n) is 2.11. The molecule has 5 nitrogen and oxygen atoms in total. The number of hydrogen-bond acceptors (Lipinski definition) is 3. The zero-order valence-electron chi connectivity index (χ0n) is 12.8. The first kappa shape index (κ1) is 18.0. The Bertz CT molecular complexity index is 806. The van der Waals surface area contributed by atoms with Crippen molar-refractivity contribution in [3.05, 3.63) is 65.7 Å². The number of anilines is 1. The molecule has 0 aromatic heterocycles. The number of halogens is 2. The van der Waals surface area contributed by atoms with Crippen LogP contribution < -0.4 is 10.0 Å². The third-order valence-electron chi connectivity index (χ3n) is 3.15. The maximum absolute atomic E-state index is 13.0. The number of amides is 1. The van der Waals surface area contributed by atoms with Crippen molar-refractivity contribution in [3.8, 4) is 0 Å². The summed E-state index contributed by atoms with van der Waals surface area (Å²) in [4.78, 5) is 12.1. The Morgan fingerprint density at radius 2 is 1.50 bits per heavy atom. The lowest BCUT2D eigenvalue weighted by Crippen LogP contribution is -2.30. The first-order valence-electron chi connectivity index (χ1n) is 7.01. The second kappa shape index (κ2) is 7.50. The normalized spacial score (nSPS) is 12.6. The Labute approximate surface area is 138 Å². The lowest BCUT2D eigenvalue weighted by molar-refractivity contribution is -0.116. The number of rotatable bonds is 6. The second-order valence-electron chi connectivity index (χ2n) is 5.25. The van der Waals surface area contributed by atoms with Gasteiger partial charge in [-0.2, -0.15) is 0 Å². The standard InChI is InChI=1S/C16H16F2N2O3S/c1-24(22,23)20-15(11-2-4-12(17)5-3-11)10-16(21)19-14-8-6-13(18)7-9-14/h2-9,15,20H,10H2,1H3,(H,19,21). The molecule has 8 heteroatoms. The maximum Gasteiger partial charge on any atom is 0.226 e. The molecule has 2 rings (SSSR count). The minimum atomic E-state index is -3.58. The van der Waals surface area contributed by atoms with Crippen LogP contribution in [0.15, 0.2) is 48.5 Å². The van der Waals surface area contributed by atoms with Crippen molar-refractivity contribution in [1.82, 2.24) is 4.72 Å². The lowest BCUT2D eigenvalue weighted by atomic mass is 10.0. The van der Waals surface area contributed by atoms with Gasteiger partial charge in [-0.25, -0.2) is 21.9 Å². The van der Waals surface area contributed by atoms with Crippen molar-refractivity contribution < 1.29 is 22.0 Å². The highest BCUT2D eigenvalue weighted by atomic mass is 32.2. The average Bonchev–Trinajstić information content (AvgIpc) is 2.48. The number of carbonyl (C=O) groups is 1. The summed E-state index contributed by atoms with van der Waals surface area (Å²) < 4.78 is 51.2. The van der Waals surface area contributed by atoms with Gasteiger partial charge in [0.2, 0.25) is 15.9 Å². The highest BCUT2D eigenvalue weighted by Crippen LogP contribution is 2.19. The highest BCUT2D eigenvalue weighted by Gasteiger charge is 2.20. The molecule has 0 saturated carbocycles. The van der Waals surface area contributed by atoms with Gasteiger partial charge in [-0.1, -0.05) is 12.1 Å². The number of benzene rings is 2. The van der Waals surface area contributed by atoms with Crippen LogP contribution in [0.2, 0.25) is 0 Å². The van der Waals surface area contributed by atoms with E-state index in [4.69, 9.17) is 0 Å². The van der Waals surface area contributed by atoms with Crippen LogP contribution in [-0.2, 0) is 14.8 Å². The Hall–Kier alpha value is -2.32. The molecule has 24 heavy (non-hydrogen) atoms. The number of sulfonamides is 1. The summed E-state index contributed by atoms with van der Waals surface area (Å²) in [6, 6.07) is 9.51. The summed E-state index contributed by atoms with van der Waals surface area (Å²) in [5, 5.41) is 2.55. The van der Waals surface area contributed by atoms with Crippen molar-refractivity contribution in [2.24, 2.45) is 0 Å².